The minimum atomic E-state index is -0.863. The van der Waals surface area contributed by atoms with Crippen molar-refractivity contribution in [3.05, 3.63) is 29.8 Å². The van der Waals surface area contributed by atoms with Crippen molar-refractivity contribution in [1.29, 1.82) is 0 Å². The van der Waals surface area contributed by atoms with Gasteiger partial charge in [0.2, 0.25) is 11.8 Å². The Morgan fingerprint density at radius 1 is 1.30 bits per heavy atom. The summed E-state index contributed by atoms with van der Waals surface area (Å²) >= 11 is 0. The summed E-state index contributed by atoms with van der Waals surface area (Å²) in [6.07, 6.45) is 0. The number of amides is 2. The third-order valence-electron chi connectivity index (χ3n) is 4.13. The van der Waals surface area contributed by atoms with E-state index in [-0.39, 0.29) is 16.7 Å². The number of carbonyl (C=O) groups excluding carboxylic acids is 2. The van der Waals surface area contributed by atoms with Gasteiger partial charge in [0.1, 0.15) is 0 Å². The number of nitrogens with one attached hydrogen (secondary N) is 1. The van der Waals surface area contributed by atoms with Gasteiger partial charge in [0.25, 0.3) is 0 Å². The first-order valence-electron chi connectivity index (χ1n) is 7.54. The van der Waals surface area contributed by atoms with E-state index in [4.69, 9.17) is 5.73 Å². The van der Waals surface area contributed by atoms with Crippen molar-refractivity contribution in [3.8, 4) is 0 Å². The van der Waals surface area contributed by atoms with E-state index in [0.29, 0.717) is 30.1 Å². The van der Waals surface area contributed by atoms with Gasteiger partial charge in [-0.25, -0.2) is 0 Å². The summed E-state index contributed by atoms with van der Waals surface area (Å²) in [5.74, 6) is -0.0436. The lowest BCUT2D eigenvalue weighted by atomic mass is 10.1. The zero-order valence-corrected chi connectivity index (χ0v) is 14.5. The van der Waals surface area contributed by atoms with Gasteiger partial charge in [-0.05, 0) is 45.0 Å². The molecule has 1 aromatic carbocycles. The quantitative estimate of drug-likeness (QED) is 0.856. The van der Waals surface area contributed by atoms with Crippen molar-refractivity contribution in [2.75, 3.05) is 24.2 Å². The maximum atomic E-state index is 12.4. The number of primary amides is 1. The van der Waals surface area contributed by atoms with E-state index in [9.17, 15) is 13.8 Å². The van der Waals surface area contributed by atoms with Gasteiger partial charge in [-0.15, -0.1) is 0 Å². The molecule has 0 aliphatic carbocycles. The zero-order chi connectivity index (χ0) is 17.2. The van der Waals surface area contributed by atoms with Gasteiger partial charge in [0.15, 0.2) is 0 Å². The molecule has 1 saturated heterocycles. The van der Waals surface area contributed by atoms with E-state index in [1.54, 1.807) is 24.3 Å². The molecule has 6 nitrogen and oxygen atoms in total. The van der Waals surface area contributed by atoms with Crippen LogP contribution in [0.1, 0.15) is 31.1 Å². The third-order valence-corrected chi connectivity index (χ3v) is 6.04. The Morgan fingerprint density at radius 2 is 1.91 bits per heavy atom. The van der Waals surface area contributed by atoms with Crippen LogP contribution in [0.2, 0.25) is 0 Å². The predicted octanol–water partition coefficient (Wildman–Crippen LogP) is 0.955. The van der Waals surface area contributed by atoms with Crippen molar-refractivity contribution >= 4 is 28.3 Å². The average Bonchev–Trinajstić information content (AvgIpc) is 2.49. The summed E-state index contributed by atoms with van der Waals surface area (Å²) in [6.45, 7) is 7.03. The summed E-state index contributed by atoms with van der Waals surface area (Å²) < 4.78 is 11.7. The second kappa shape index (κ2) is 6.80. The summed E-state index contributed by atoms with van der Waals surface area (Å²) in [7, 11) is -0.863. The Morgan fingerprint density at radius 3 is 2.43 bits per heavy atom. The molecule has 0 aromatic heterocycles. The Bertz CT molecular complexity index is 628. The molecule has 2 atom stereocenters. The van der Waals surface area contributed by atoms with Crippen LogP contribution in [0.5, 0.6) is 0 Å². The van der Waals surface area contributed by atoms with E-state index in [2.05, 4.69) is 10.2 Å². The number of rotatable bonds is 4. The van der Waals surface area contributed by atoms with Gasteiger partial charge >= 0.3 is 0 Å². The lowest BCUT2D eigenvalue weighted by Gasteiger charge is -2.39. The smallest absolute Gasteiger partial charge is 0.248 e. The normalized spacial score (nSPS) is 22.3. The van der Waals surface area contributed by atoms with Crippen LogP contribution in [-0.4, -0.2) is 50.6 Å². The highest BCUT2D eigenvalue weighted by atomic mass is 32.2. The largest absolute Gasteiger partial charge is 0.366 e. The van der Waals surface area contributed by atoms with Crippen molar-refractivity contribution in [3.63, 3.8) is 0 Å². The molecule has 0 unspecified atom stereocenters. The molecule has 2 amide bonds. The minimum absolute atomic E-state index is 0.125. The molecule has 3 N–H and O–H groups in total. The van der Waals surface area contributed by atoms with E-state index in [1.807, 2.05) is 20.8 Å². The molecule has 0 saturated carbocycles. The Balaban J connectivity index is 2.00. The number of nitrogens with zero attached hydrogens (tertiary/aromatic N) is 1. The molecule has 1 aliphatic rings. The number of anilines is 1. The molecule has 0 bridgehead atoms. The van der Waals surface area contributed by atoms with Crippen LogP contribution >= 0.6 is 0 Å². The fraction of sp³-hybridized carbons (Fsp3) is 0.500. The molecule has 0 spiro atoms. The van der Waals surface area contributed by atoms with Gasteiger partial charge in [-0.2, -0.15) is 0 Å². The van der Waals surface area contributed by atoms with Gasteiger partial charge in [0, 0.05) is 40.9 Å². The average molecular weight is 337 g/mol. The molecule has 1 aliphatic heterocycles. The van der Waals surface area contributed by atoms with Crippen LogP contribution in [0.3, 0.4) is 0 Å². The minimum Gasteiger partial charge on any atom is -0.366 e. The first-order chi connectivity index (χ1) is 10.7. The highest BCUT2D eigenvalue weighted by Crippen LogP contribution is 2.22. The van der Waals surface area contributed by atoms with Crippen molar-refractivity contribution < 1.29 is 13.8 Å². The summed E-state index contributed by atoms with van der Waals surface area (Å²) in [6, 6.07) is 6.15. The second-order valence-corrected chi connectivity index (χ2v) is 8.59. The lowest BCUT2D eigenvalue weighted by molar-refractivity contribution is -0.120. The van der Waals surface area contributed by atoms with Crippen LogP contribution in [0.25, 0.3) is 0 Å². The van der Waals surface area contributed by atoms with Gasteiger partial charge in [-0.3, -0.25) is 18.7 Å². The highest BCUT2D eigenvalue weighted by molar-refractivity contribution is 7.86. The molecule has 126 valence electrons. The molecular weight excluding hydrogens is 314 g/mol. The van der Waals surface area contributed by atoms with E-state index in [0.717, 1.165) is 0 Å². The van der Waals surface area contributed by atoms with Gasteiger partial charge in [0.05, 0.1) is 10.8 Å². The third kappa shape index (κ3) is 4.17. The first-order valence-corrected chi connectivity index (χ1v) is 8.86. The van der Waals surface area contributed by atoms with Crippen LogP contribution < -0.4 is 11.1 Å². The van der Waals surface area contributed by atoms with Crippen LogP contribution in [0.4, 0.5) is 5.69 Å². The predicted molar refractivity (Wildman–Crippen MR) is 91.7 cm³/mol. The summed E-state index contributed by atoms with van der Waals surface area (Å²) in [4.78, 5) is 25.5. The molecular formula is C16H23N3O3S. The van der Waals surface area contributed by atoms with Crippen molar-refractivity contribution in [1.82, 2.24) is 4.90 Å². The molecule has 1 aromatic rings. The number of hydrogen-bond donors (Lipinski definition) is 2. The summed E-state index contributed by atoms with van der Waals surface area (Å²) in [5, 5.41) is 2.84. The summed E-state index contributed by atoms with van der Waals surface area (Å²) in [5.41, 5.74) is 6.21. The molecule has 2 rings (SSSR count). The van der Waals surface area contributed by atoms with E-state index in [1.165, 1.54) is 0 Å². The number of nitrogens with two attached hydrogens (primary N) is 1. The van der Waals surface area contributed by atoms with Crippen molar-refractivity contribution in [2.45, 2.75) is 31.6 Å². The second-order valence-electron chi connectivity index (χ2n) is 6.39. The zero-order valence-electron chi connectivity index (χ0n) is 13.7. The fourth-order valence-corrected chi connectivity index (χ4v) is 3.84. The molecule has 1 heterocycles. The Hall–Kier alpha value is -1.73. The number of carbonyl (C=O) groups is 2. The SMILES string of the molecule is C[C@@H](C(=O)Nc1ccc(C(N)=O)cc1)N1CC[S@@](=O)C(C)(C)C1. The van der Waals surface area contributed by atoms with E-state index < -0.39 is 16.7 Å². The molecule has 0 radical (unpaired) electrons. The Kier molecular flexibility index (Phi) is 5.21. The number of benzene rings is 1. The monoisotopic (exact) mass is 337 g/mol. The molecule has 1 fully saturated rings. The van der Waals surface area contributed by atoms with Crippen LogP contribution in [0, 0.1) is 0 Å². The molecule has 7 heteroatoms. The maximum Gasteiger partial charge on any atom is 0.248 e. The van der Waals surface area contributed by atoms with Gasteiger partial charge < -0.3 is 11.1 Å². The van der Waals surface area contributed by atoms with Gasteiger partial charge in [-0.1, -0.05) is 0 Å². The first kappa shape index (κ1) is 17.6. The fourth-order valence-electron chi connectivity index (χ4n) is 2.58. The van der Waals surface area contributed by atoms with Crippen LogP contribution in [0.15, 0.2) is 24.3 Å². The Labute approximate surface area is 138 Å². The maximum absolute atomic E-state index is 12.4. The number of hydrogen-bond acceptors (Lipinski definition) is 4. The molecule has 23 heavy (non-hydrogen) atoms. The standard InChI is InChI=1S/C16H23N3O3S/c1-11(19-8-9-23(22)16(2,3)10-19)15(21)18-13-6-4-12(5-7-13)14(17)20/h4-7,11H,8-10H2,1-3H3,(H2,17,20)(H,18,21)/t11-,23+/m0/s1. The van der Waals surface area contributed by atoms with Crippen LogP contribution in [-0.2, 0) is 15.6 Å². The highest BCUT2D eigenvalue weighted by Gasteiger charge is 2.36. The van der Waals surface area contributed by atoms with E-state index >= 15 is 0 Å². The topological polar surface area (TPSA) is 92.5 Å². The lowest BCUT2D eigenvalue weighted by Crippen LogP contribution is -2.55. The van der Waals surface area contributed by atoms with Crippen molar-refractivity contribution in [2.24, 2.45) is 5.73 Å².